The fraction of sp³-hybridized carbons (Fsp3) is 0.381. The van der Waals surface area contributed by atoms with Crippen molar-refractivity contribution in [3.63, 3.8) is 0 Å². The zero-order valence-electron chi connectivity index (χ0n) is 15.8. The van der Waals surface area contributed by atoms with Gasteiger partial charge in [0.15, 0.2) is 9.84 Å². The van der Waals surface area contributed by atoms with Gasteiger partial charge < -0.3 is 10.2 Å². The summed E-state index contributed by atoms with van der Waals surface area (Å²) < 4.78 is 25.1. The van der Waals surface area contributed by atoms with Gasteiger partial charge in [-0.3, -0.25) is 4.79 Å². The third kappa shape index (κ3) is 4.24. The van der Waals surface area contributed by atoms with Gasteiger partial charge in [0.2, 0.25) is 0 Å². The molecule has 2 atom stereocenters. The minimum Gasteiger partial charge on any atom is -0.338 e. The number of nitrogens with one attached hydrogen (secondary N) is 1. The minimum absolute atomic E-state index is 0. The Kier molecular flexibility index (Phi) is 6.12. The van der Waals surface area contributed by atoms with E-state index in [-0.39, 0.29) is 24.1 Å². The molecule has 0 radical (unpaired) electrons. The van der Waals surface area contributed by atoms with Crippen LogP contribution in [0.25, 0.3) is 0 Å². The Labute approximate surface area is 172 Å². The van der Waals surface area contributed by atoms with Crippen molar-refractivity contribution in [3.05, 3.63) is 65.2 Å². The van der Waals surface area contributed by atoms with Crippen LogP contribution in [0.2, 0.25) is 0 Å². The van der Waals surface area contributed by atoms with Crippen LogP contribution >= 0.6 is 12.4 Å². The van der Waals surface area contributed by atoms with Crippen molar-refractivity contribution in [1.82, 2.24) is 10.2 Å². The summed E-state index contributed by atoms with van der Waals surface area (Å²) in [6.45, 7) is 5.52. The van der Waals surface area contributed by atoms with Crippen LogP contribution < -0.4 is 5.32 Å². The lowest BCUT2D eigenvalue weighted by molar-refractivity contribution is 0.0781. The number of benzene rings is 2. The number of hydrogen-bond donors (Lipinski definition) is 1. The Bertz CT molecular complexity index is 931. The number of hydrogen-bond acceptors (Lipinski definition) is 4. The molecule has 5 nitrogen and oxygen atoms in total. The van der Waals surface area contributed by atoms with Gasteiger partial charge in [0.25, 0.3) is 5.91 Å². The molecule has 0 bridgehead atoms. The second-order valence-electron chi connectivity index (χ2n) is 7.66. The lowest BCUT2D eigenvalue weighted by Gasteiger charge is -2.17. The van der Waals surface area contributed by atoms with Crippen molar-refractivity contribution in [3.8, 4) is 0 Å². The van der Waals surface area contributed by atoms with Crippen molar-refractivity contribution in [1.29, 1.82) is 0 Å². The molecule has 1 amide bonds. The first-order valence-corrected chi connectivity index (χ1v) is 11.0. The molecule has 1 N–H and O–H groups in total. The largest absolute Gasteiger partial charge is 0.338 e. The molecule has 0 spiro atoms. The number of rotatable bonds is 4. The fourth-order valence-corrected chi connectivity index (χ4v) is 5.34. The van der Waals surface area contributed by atoms with Gasteiger partial charge in [-0.25, -0.2) is 8.42 Å². The topological polar surface area (TPSA) is 66.5 Å². The Balaban J connectivity index is 0.00000225. The number of nitrogens with zero attached hydrogens (tertiary/aromatic N) is 1. The van der Waals surface area contributed by atoms with Crippen LogP contribution in [0.5, 0.6) is 0 Å². The molecule has 2 aliphatic heterocycles. The first kappa shape index (κ1) is 20.8. The number of aryl methyl sites for hydroxylation is 1. The highest BCUT2D eigenvalue weighted by molar-refractivity contribution is 7.90. The van der Waals surface area contributed by atoms with Crippen LogP contribution in [-0.4, -0.2) is 45.4 Å². The average molecular weight is 421 g/mol. The van der Waals surface area contributed by atoms with E-state index in [2.05, 4.69) is 5.32 Å². The average Bonchev–Trinajstić information content (AvgIpc) is 3.24. The van der Waals surface area contributed by atoms with E-state index < -0.39 is 9.84 Å². The smallest absolute Gasteiger partial charge is 0.253 e. The molecule has 0 aromatic heterocycles. The molecular weight excluding hydrogens is 396 g/mol. The predicted octanol–water partition coefficient (Wildman–Crippen LogP) is 2.68. The van der Waals surface area contributed by atoms with Gasteiger partial charge in [-0.1, -0.05) is 29.8 Å². The van der Waals surface area contributed by atoms with Crippen molar-refractivity contribution in [2.24, 2.45) is 11.8 Å². The third-order valence-corrected chi connectivity index (χ3v) is 7.32. The summed E-state index contributed by atoms with van der Waals surface area (Å²) in [6, 6.07) is 13.9. The first-order valence-electron chi connectivity index (χ1n) is 9.31. The van der Waals surface area contributed by atoms with Crippen molar-refractivity contribution < 1.29 is 13.2 Å². The molecular formula is C21H25ClN2O3S. The van der Waals surface area contributed by atoms with Crippen molar-refractivity contribution >= 4 is 28.2 Å². The minimum atomic E-state index is -3.39. The molecule has 4 rings (SSSR count). The molecule has 28 heavy (non-hydrogen) atoms. The van der Waals surface area contributed by atoms with Crippen LogP contribution in [0.3, 0.4) is 0 Å². The number of carbonyl (C=O) groups is 1. The van der Waals surface area contributed by atoms with Crippen molar-refractivity contribution in [2.45, 2.75) is 17.6 Å². The third-order valence-electron chi connectivity index (χ3n) is 5.61. The lowest BCUT2D eigenvalue weighted by Crippen LogP contribution is -2.31. The van der Waals surface area contributed by atoms with Crippen LogP contribution in [0.4, 0.5) is 0 Å². The van der Waals surface area contributed by atoms with Crippen LogP contribution in [0, 0.1) is 18.8 Å². The van der Waals surface area contributed by atoms with E-state index in [4.69, 9.17) is 0 Å². The molecule has 0 unspecified atom stereocenters. The van der Waals surface area contributed by atoms with Gasteiger partial charge in [-0.2, -0.15) is 0 Å². The summed E-state index contributed by atoms with van der Waals surface area (Å²) in [5.41, 5.74) is 2.34. The Morgan fingerprint density at radius 3 is 2.14 bits per heavy atom. The zero-order chi connectivity index (χ0) is 19.0. The summed E-state index contributed by atoms with van der Waals surface area (Å²) in [5.74, 6) is 1.10. The van der Waals surface area contributed by atoms with Gasteiger partial charge in [0, 0.05) is 31.7 Å². The Morgan fingerprint density at radius 1 is 1.00 bits per heavy atom. The van der Waals surface area contributed by atoms with Crippen LogP contribution in [0.15, 0.2) is 53.4 Å². The fourth-order valence-electron chi connectivity index (χ4n) is 4.00. The number of sulfone groups is 1. The highest BCUT2D eigenvalue weighted by Crippen LogP contribution is 2.27. The highest BCUT2D eigenvalue weighted by Gasteiger charge is 2.38. The highest BCUT2D eigenvalue weighted by atomic mass is 35.5. The molecule has 2 fully saturated rings. The van der Waals surface area contributed by atoms with Gasteiger partial charge in [-0.05, 0) is 48.6 Å². The molecule has 150 valence electrons. The number of amides is 1. The molecule has 2 saturated heterocycles. The van der Waals surface area contributed by atoms with E-state index in [1.165, 1.54) is 0 Å². The molecule has 0 saturated carbocycles. The quantitative estimate of drug-likeness (QED) is 0.825. The van der Waals surface area contributed by atoms with E-state index in [0.29, 0.717) is 27.9 Å². The summed E-state index contributed by atoms with van der Waals surface area (Å²) in [7, 11) is -3.39. The van der Waals surface area contributed by atoms with E-state index in [0.717, 1.165) is 31.7 Å². The SMILES string of the molecule is Cc1ccc(S(=O)(=O)Cc2ccc(C(=O)N3C[C@H]4CNC[C@H]4C3)cc2)cc1.Cl. The second kappa shape index (κ2) is 8.23. The molecule has 2 aromatic carbocycles. The van der Waals surface area contributed by atoms with Gasteiger partial charge in [0.05, 0.1) is 10.6 Å². The summed E-state index contributed by atoms with van der Waals surface area (Å²) in [4.78, 5) is 15.0. The number of likely N-dealkylation sites (tertiary alicyclic amines) is 1. The maximum Gasteiger partial charge on any atom is 0.253 e. The molecule has 2 heterocycles. The maximum absolute atomic E-state index is 12.7. The van der Waals surface area contributed by atoms with E-state index in [9.17, 15) is 13.2 Å². The maximum atomic E-state index is 12.7. The molecule has 7 heteroatoms. The second-order valence-corrected chi connectivity index (χ2v) is 9.65. The van der Waals surface area contributed by atoms with Crippen LogP contribution in [-0.2, 0) is 15.6 Å². The number of carbonyl (C=O) groups excluding carboxylic acids is 1. The van der Waals surface area contributed by atoms with Gasteiger partial charge in [-0.15, -0.1) is 12.4 Å². The normalized spacial score (nSPS) is 21.2. The van der Waals surface area contributed by atoms with Crippen LogP contribution in [0.1, 0.15) is 21.5 Å². The molecule has 2 aliphatic rings. The lowest BCUT2D eigenvalue weighted by atomic mass is 10.0. The van der Waals surface area contributed by atoms with Gasteiger partial charge >= 0.3 is 0 Å². The number of halogens is 1. The Hall–Kier alpha value is -1.89. The molecule has 2 aromatic rings. The monoisotopic (exact) mass is 420 g/mol. The van der Waals surface area contributed by atoms with Crippen molar-refractivity contribution in [2.75, 3.05) is 26.2 Å². The van der Waals surface area contributed by atoms with E-state index in [1.54, 1.807) is 48.5 Å². The zero-order valence-corrected chi connectivity index (χ0v) is 17.4. The summed E-state index contributed by atoms with van der Waals surface area (Å²) >= 11 is 0. The molecule has 0 aliphatic carbocycles. The number of fused-ring (bicyclic) bond motifs is 1. The predicted molar refractivity (Wildman–Crippen MR) is 112 cm³/mol. The standard InChI is InChI=1S/C21H24N2O3S.ClH/c1-15-2-8-20(9-3-15)27(25,26)14-16-4-6-17(7-5-16)21(24)23-12-18-10-22-11-19(18)13-23;/h2-9,18-19,22H,10-14H2,1H3;1H/t18-,19+;. The first-order chi connectivity index (χ1) is 12.9. The Morgan fingerprint density at radius 2 is 1.57 bits per heavy atom. The van der Waals surface area contributed by atoms with E-state index in [1.807, 2.05) is 11.8 Å². The van der Waals surface area contributed by atoms with Gasteiger partial charge in [0.1, 0.15) is 0 Å². The van der Waals surface area contributed by atoms with E-state index >= 15 is 0 Å². The summed E-state index contributed by atoms with van der Waals surface area (Å²) in [6.07, 6.45) is 0. The summed E-state index contributed by atoms with van der Waals surface area (Å²) in [5, 5.41) is 3.37.